The Hall–Kier alpha value is -3.61. The van der Waals surface area contributed by atoms with E-state index in [1.807, 2.05) is 12.1 Å². The number of hydrogen-bond acceptors (Lipinski definition) is 11. The van der Waals surface area contributed by atoms with Crippen LogP contribution in [0.3, 0.4) is 0 Å². The first-order chi connectivity index (χ1) is 18.6. The van der Waals surface area contributed by atoms with Gasteiger partial charge in [0.15, 0.2) is 5.13 Å². The molecule has 200 valence electrons. The Bertz CT molecular complexity index is 1240. The molecule has 12 heteroatoms. The van der Waals surface area contributed by atoms with Gasteiger partial charge < -0.3 is 24.4 Å². The number of nitrogens with one attached hydrogen (secondary N) is 1. The molecule has 2 saturated heterocycles. The Balaban J connectivity index is 1.22. The van der Waals surface area contributed by atoms with E-state index >= 15 is 0 Å². The number of morpholine rings is 1. The number of carbonyl (C=O) groups excluding carboxylic acids is 2. The van der Waals surface area contributed by atoms with Gasteiger partial charge >= 0.3 is 12.0 Å². The SMILES string of the molecule is COC(=O)c1ccc(CN2CCOCC2)cc1NC(=O)c1csc(N2CCC(Oc3ncccn3)CC2)n1. The van der Waals surface area contributed by atoms with Crippen molar-refractivity contribution < 1.29 is 23.8 Å². The van der Waals surface area contributed by atoms with Crippen molar-refractivity contribution in [3.8, 4) is 6.01 Å². The van der Waals surface area contributed by atoms with Crippen molar-refractivity contribution in [3.63, 3.8) is 0 Å². The highest BCUT2D eigenvalue weighted by Gasteiger charge is 2.25. The van der Waals surface area contributed by atoms with E-state index in [2.05, 4.69) is 30.1 Å². The minimum absolute atomic E-state index is 0.0397. The van der Waals surface area contributed by atoms with Gasteiger partial charge in [-0.1, -0.05) is 6.07 Å². The zero-order valence-electron chi connectivity index (χ0n) is 21.2. The summed E-state index contributed by atoms with van der Waals surface area (Å²) >= 11 is 1.42. The van der Waals surface area contributed by atoms with Gasteiger partial charge in [-0.05, 0) is 23.8 Å². The second-order valence-electron chi connectivity index (χ2n) is 9.07. The number of benzene rings is 1. The summed E-state index contributed by atoms with van der Waals surface area (Å²) < 4.78 is 16.2. The summed E-state index contributed by atoms with van der Waals surface area (Å²) in [5, 5.41) is 5.39. The Morgan fingerprint density at radius 1 is 1.13 bits per heavy atom. The highest BCUT2D eigenvalue weighted by Crippen LogP contribution is 2.27. The van der Waals surface area contributed by atoms with Gasteiger partial charge in [0.25, 0.3) is 5.91 Å². The van der Waals surface area contributed by atoms with E-state index < -0.39 is 5.97 Å². The third kappa shape index (κ3) is 6.44. The van der Waals surface area contributed by atoms with E-state index in [1.54, 1.807) is 29.9 Å². The molecule has 11 nitrogen and oxygen atoms in total. The number of esters is 1. The molecule has 4 heterocycles. The van der Waals surface area contributed by atoms with Crippen LogP contribution in [0.25, 0.3) is 0 Å². The van der Waals surface area contributed by atoms with Crippen LogP contribution in [-0.4, -0.2) is 84.3 Å². The summed E-state index contributed by atoms with van der Waals surface area (Å²) in [5.41, 5.74) is 1.99. The van der Waals surface area contributed by atoms with Gasteiger partial charge in [-0.25, -0.2) is 19.7 Å². The molecule has 0 unspecified atom stereocenters. The predicted octanol–water partition coefficient (Wildman–Crippen LogP) is 2.85. The van der Waals surface area contributed by atoms with Crippen molar-refractivity contribution in [3.05, 3.63) is 58.9 Å². The number of rotatable bonds is 8. The number of thiazole rings is 1. The fourth-order valence-corrected chi connectivity index (χ4v) is 5.32. The van der Waals surface area contributed by atoms with E-state index in [-0.39, 0.29) is 12.0 Å². The van der Waals surface area contributed by atoms with E-state index in [4.69, 9.17) is 14.2 Å². The van der Waals surface area contributed by atoms with Gasteiger partial charge in [0, 0.05) is 63.3 Å². The summed E-state index contributed by atoms with van der Waals surface area (Å²) in [6.45, 7) is 5.27. The number of aromatic nitrogens is 3. The fourth-order valence-electron chi connectivity index (χ4n) is 4.46. The Morgan fingerprint density at radius 3 is 2.63 bits per heavy atom. The maximum Gasteiger partial charge on any atom is 0.339 e. The van der Waals surface area contributed by atoms with Crippen LogP contribution < -0.4 is 15.0 Å². The molecule has 0 aliphatic carbocycles. The maximum absolute atomic E-state index is 13.1. The smallest absolute Gasteiger partial charge is 0.339 e. The van der Waals surface area contributed by atoms with Crippen molar-refractivity contribution in [2.24, 2.45) is 0 Å². The zero-order valence-corrected chi connectivity index (χ0v) is 22.0. The van der Waals surface area contributed by atoms with E-state index in [0.29, 0.717) is 42.7 Å². The second kappa shape index (κ2) is 12.3. The van der Waals surface area contributed by atoms with Gasteiger partial charge in [-0.2, -0.15) is 0 Å². The van der Waals surface area contributed by atoms with Crippen molar-refractivity contribution in [2.75, 3.05) is 56.7 Å². The molecule has 2 aliphatic rings. The lowest BCUT2D eigenvalue weighted by atomic mass is 10.1. The van der Waals surface area contributed by atoms with Crippen LogP contribution in [0.1, 0.15) is 39.3 Å². The van der Waals surface area contributed by atoms with E-state index in [1.165, 1.54) is 18.4 Å². The first-order valence-electron chi connectivity index (χ1n) is 12.6. The van der Waals surface area contributed by atoms with Gasteiger partial charge in [-0.3, -0.25) is 9.69 Å². The summed E-state index contributed by atoms with van der Waals surface area (Å²) in [6.07, 6.45) is 4.97. The molecule has 0 spiro atoms. The van der Waals surface area contributed by atoms with Crippen LogP contribution in [0.5, 0.6) is 6.01 Å². The molecule has 0 saturated carbocycles. The quantitative estimate of drug-likeness (QED) is 0.429. The number of anilines is 2. The number of ether oxygens (including phenoxy) is 3. The Labute approximate surface area is 224 Å². The van der Waals surface area contributed by atoms with Crippen LogP contribution in [0, 0.1) is 0 Å². The monoisotopic (exact) mass is 538 g/mol. The van der Waals surface area contributed by atoms with Crippen molar-refractivity contribution in [2.45, 2.75) is 25.5 Å². The lowest BCUT2D eigenvalue weighted by molar-refractivity contribution is 0.0342. The third-order valence-electron chi connectivity index (χ3n) is 6.50. The lowest BCUT2D eigenvalue weighted by Gasteiger charge is -2.31. The molecule has 2 fully saturated rings. The van der Waals surface area contributed by atoms with Crippen molar-refractivity contribution >= 4 is 34.0 Å². The average molecular weight is 539 g/mol. The second-order valence-corrected chi connectivity index (χ2v) is 9.90. The summed E-state index contributed by atoms with van der Waals surface area (Å²) in [7, 11) is 1.32. The third-order valence-corrected chi connectivity index (χ3v) is 7.40. The molecule has 1 amide bonds. The highest BCUT2D eigenvalue weighted by atomic mass is 32.1. The largest absolute Gasteiger partial charge is 0.465 e. The highest BCUT2D eigenvalue weighted by molar-refractivity contribution is 7.14. The number of hydrogen-bond donors (Lipinski definition) is 1. The molecule has 2 aromatic heterocycles. The molecule has 1 N–H and O–H groups in total. The first-order valence-corrected chi connectivity index (χ1v) is 13.4. The molecule has 0 radical (unpaired) electrons. The lowest BCUT2D eigenvalue weighted by Crippen LogP contribution is -2.38. The van der Waals surface area contributed by atoms with Gasteiger partial charge in [-0.15, -0.1) is 11.3 Å². The number of methoxy groups -OCH3 is 1. The average Bonchev–Trinajstić information content (AvgIpc) is 3.45. The molecule has 1 aromatic carbocycles. The van der Waals surface area contributed by atoms with Crippen molar-refractivity contribution in [1.29, 1.82) is 0 Å². The predicted molar refractivity (Wildman–Crippen MR) is 142 cm³/mol. The van der Waals surface area contributed by atoms with Gasteiger partial charge in [0.05, 0.1) is 31.6 Å². The van der Waals surface area contributed by atoms with E-state index in [0.717, 1.165) is 49.7 Å². The molecular weight excluding hydrogens is 508 g/mol. The fraction of sp³-hybridized carbons (Fsp3) is 0.423. The molecule has 38 heavy (non-hydrogen) atoms. The Morgan fingerprint density at radius 2 is 1.89 bits per heavy atom. The van der Waals surface area contributed by atoms with Crippen LogP contribution in [0.4, 0.5) is 10.8 Å². The van der Waals surface area contributed by atoms with Gasteiger partial charge in [0.2, 0.25) is 0 Å². The van der Waals surface area contributed by atoms with E-state index in [9.17, 15) is 9.59 Å². The normalized spacial score (nSPS) is 16.7. The molecule has 0 atom stereocenters. The zero-order chi connectivity index (χ0) is 26.3. The standard InChI is InChI=1S/C26H30N6O5S/c1-35-24(34)20-4-3-18(16-31-11-13-36-14-12-31)15-21(20)29-23(33)22-17-38-26(30-22)32-9-5-19(6-10-32)37-25-27-7-2-8-28-25/h2-4,7-8,15,17,19H,5-6,9-14,16H2,1H3,(H,29,33). The van der Waals surface area contributed by atoms with Crippen LogP contribution in [0.15, 0.2) is 42.0 Å². The minimum atomic E-state index is -0.511. The maximum atomic E-state index is 13.1. The number of carbonyl (C=O) groups is 2. The number of nitrogens with zero attached hydrogens (tertiary/aromatic N) is 5. The number of amides is 1. The minimum Gasteiger partial charge on any atom is -0.465 e. The molecule has 5 rings (SSSR count). The van der Waals surface area contributed by atoms with Crippen molar-refractivity contribution in [1.82, 2.24) is 19.9 Å². The van der Waals surface area contributed by atoms with Crippen LogP contribution in [0.2, 0.25) is 0 Å². The molecule has 0 bridgehead atoms. The summed E-state index contributed by atoms with van der Waals surface area (Å²) in [5.74, 6) is -0.885. The van der Waals surface area contributed by atoms with Crippen LogP contribution >= 0.6 is 11.3 Å². The molecule has 2 aliphatic heterocycles. The Kier molecular flexibility index (Phi) is 8.41. The van der Waals surface area contributed by atoms with Gasteiger partial charge in [0.1, 0.15) is 11.8 Å². The molecule has 3 aromatic rings. The molecular formula is C26H30N6O5S. The first kappa shape index (κ1) is 26.0. The summed E-state index contributed by atoms with van der Waals surface area (Å²) in [6, 6.07) is 7.55. The van der Waals surface area contributed by atoms with Crippen LogP contribution in [-0.2, 0) is 16.0 Å². The topological polar surface area (TPSA) is 119 Å². The number of piperidine rings is 1. The summed E-state index contributed by atoms with van der Waals surface area (Å²) in [4.78, 5) is 42.8.